The number of aromatic nitrogens is 3. The lowest BCUT2D eigenvalue weighted by atomic mass is 10.1. The van der Waals surface area contributed by atoms with Crippen LogP contribution in [0.25, 0.3) is 10.9 Å². The van der Waals surface area contributed by atoms with Crippen LogP contribution in [-0.4, -0.2) is 39.7 Å². The van der Waals surface area contributed by atoms with Crippen LogP contribution in [0.5, 0.6) is 5.75 Å². The standard InChI is InChI=1S/C25H27N7OS/c1-16-14-17(2)29-24(28-16)31-23(32-25(34)30-21-10-6-7-11-22(21)33-3)26-13-12-18-15-27-20-9-5-4-8-19(18)20/h4-11,14-15,27H,12-13H2,1-3H3,(H3,26,28,29,30,31,32,34). The summed E-state index contributed by atoms with van der Waals surface area (Å²) >= 11 is 5.54. The van der Waals surface area contributed by atoms with E-state index in [0.717, 1.165) is 29.0 Å². The zero-order valence-corrected chi connectivity index (χ0v) is 20.2. The molecule has 0 unspecified atom stereocenters. The predicted molar refractivity (Wildman–Crippen MR) is 142 cm³/mol. The molecule has 0 saturated heterocycles. The Balaban J connectivity index is 1.51. The summed E-state index contributed by atoms with van der Waals surface area (Å²) in [6.07, 6.45) is 2.79. The van der Waals surface area contributed by atoms with E-state index in [2.05, 4.69) is 43.0 Å². The van der Waals surface area contributed by atoms with Crippen molar-refractivity contribution in [2.45, 2.75) is 20.3 Å². The van der Waals surface area contributed by atoms with Gasteiger partial charge in [0.1, 0.15) is 5.75 Å². The fourth-order valence-corrected chi connectivity index (χ4v) is 3.84. The number of hydrogen-bond donors (Lipinski definition) is 4. The third kappa shape index (κ3) is 5.87. The summed E-state index contributed by atoms with van der Waals surface area (Å²) in [5, 5.41) is 11.0. The molecular weight excluding hydrogens is 446 g/mol. The van der Waals surface area contributed by atoms with Crippen molar-refractivity contribution in [3.8, 4) is 5.75 Å². The first kappa shape index (κ1) is 23.2. The number of aliphatic imine (C=N–C) groups is 1. The molecule has 0 radical (unpaired) electrons. The predicted octanol–water partition coefficient (Wildman–Crippen LogP) is 4.58. The van der Waals surface area contributed by atoms with Crippen molar-refractivity contribution in [1.82, 2.24) is 20.3 Å². The molecule has 8 nitrogen and oxygen atoms in total. The largest absolute Gasteiger partial charge is 0.495 e. The summed E-state index contributed by atoms with van der Waals surface area (Å²) in [5.41, 5.74) is 4.80. The number of nitrogens with one attached hydrogen (secondary N) is 4. The minimum Gasteiger partial charge on any atom is -0.495 e. The van der Waals surface area contributed by atoms with Gasteiger partial charge in [-0.3, -0.25) is 10.3 Å². The Hall–Kier alpha value is -3.98. The first-order valence-corrected chi connectivity index (χ1v) is 11.3. The molecule has 0 atom stereocenters. The van der Waals surface area contributed by atoms with Crippen molar-refractivity contribution in [3.63, 3.8) is 0 Å². The number of aryl methyl sites for hydroxylation is 2. The molecule has 0 saturated carbocycles. The third-order valence-corrected chi connectivity index (χ3v) is 5.33. The van der Waals surface area contributed by atoms with Gasteiger partial charge in [-0.25, -0.2) is 9.97 Å². The van der Waals surface area contributed by atoms with Crippen LogP contribution in [0.4, 0.5) is 11.6 Å². The van der Waals surface area contributed by atoms with Crippen molar-refractivity contribution in [2.75, 3.05) is 24.3 Å². The first-order valence-electron chi connectivity index (χ1n) is 10.9. The molecule has 0 amide bonds. The van der Waals surface area contributed by atoms with Crippen molar-refractivity contribution in [3.05, 3.63) is 77.7 Å². The molecule has 0 bridgehead atoms. The van der Waals surface area contributed by atoms with Crippen LogP contribution in [-0.2, 0) is 6.42 Å². The van der Waals surface area contributed by atoms with Gasteiger partial charge in [0.15, 0.2) is 5.11 Å². The van der Waals surface area contributed by atoms with Gasteiger partial charge in [0.25, 0.3) is 0 Å². The Bertz CT molecular complexity index is 1310. The highest BCUT2D eigenvalue weighted by atomic mass is 32.1. The maximum Gasteiger partial charge on any atom is 0.229 e. The van der Waals surface area contributed by atoms with Crippen LogP contribution >= 0.6 is 12.2 Å². The minimum atomic E-state index is 0.368. The molecule has 4 rings (SSSR count). The number of methoxy groups -OCH3 is 1. The molecule has 2 heterocycles. The molecule has 0 aliphatic rings. The molecule has 9 heteroatoms. The van der Waals surface area contributed by atoms with E-state index in [-0.39, 0.29) is 0 Å². The Kier molecular flexibility index (Phi) is 7.34. The van der Waals surface area contributed by atoms with Crippen LogP contribution < -0.4 is 20.7 Å². The molecule has 2 aromatic carbocycles. The number of benzene rings is 2. The number of H-pyrrole nitrogens is 1. The summed E-state index contributed by atoms with van der Waals surface area (Å²) < 4.78 is 5.40. The van der Waals surface area contributed by atoms with Crippen molar-refractivity contribution >= 4 is 45.8 Å². The molecule has 0 aliphatic carbocycles. The van der Waals surface area contributed by atoms with Gasteiger partial charge < -0.3 is 20.4 Å². The minimum absolute atomic E-state index is 0.368. The van der Waals surface area contributed by atoms with Gasteiger partial charge in [0, 0.05) is 35.0 Å². The van der Waals surface area contributed by atoms with Gasteiger partial charge in [0.2, 0.25) is 11.9 Å². The smallest absolute Gasteiger partial charge is 0.229 e. The van der Waals surface area contributed by atoms with Gasteiger partial charge in [-0.05, 0) is 62.3 Å². The Morgan fingerprint density at radius 3 is 2.56 bits per heavy atom. The van der Waals surface area contributed by atoms with E-state index in [1.807, 2.05) is 62.5 Å². The molecule has 0 spiro atoms. The van der Waals surface area contributed by atoms with E-state index in [1.165, 1.54) is 10.9 Å². The number of nitrogens with zero attached hydrogens (tertiary/aromatic N) is 3. The molecule has 4 aromatic rings. The highest BCUT2D eigenvalue weighted by Gasteiger charge is 2.10. The second-order valence-electron chi connectivity index (χ2n) is 7.72. The van der Waals surface area contributed by atoms with Crippen LogP contribution in [0.1, 0.15) is 17.0 Å². The number of anilines is 2. The lowest BCUT2D eigenvalue weighted by molar-refractivity contribution is 0.417. The van der Waals surface area contributed by atoms with Gasteiger partial charge in [-0.2, -0.15) is 0 Å². The molecule has 34 heavy (non-hydrogen) atoms. The lowest BCUT2D eigenvalue weighted by Crippen LogP contribution is -2.39. The molecule has 4 N–H and O–H groups in total. The van der Waals surface area contributed by atoms with Crippen LogP contribution in [0.2, 0.25) is 0 Å². The number of para-hydroxylation sites is 3. The number of thiocarbonyl (C=S) groups is 1. The highest BCUT2D eigenvalue weighted by Crippen LogP contribution is 2.23. The van der Waals surface area contributed by atoms with Crippen molar-refractivity contribution < 1.29 is 4.74 Å². The number of rotatable bonds is 6. The summed E-state index contributed by atoms with van der Waals surface area (Å²) in [7, 11) is 1.62. The summed E-state index contributed by atoms with van der Waals surface area (Å²) in [4.78, 5) is 17.0. The summed E-state index contributed by atoms with van der Waals surface area (Å²) in [6, 6.07) is 17.7. The molecular formula is C25H27N7OS. The second kappa shape index (κ2) is 10.8. The number of aromatic amines is 1. The molecule has 0 aliphatic heterocycles. The van der Waals surface area contributed by atoms with E-state index < -0.39 is 0 Å². The van der Waals surface area contributed by atoms with Gasteiger partial charge in [-0.1, -0.05) is 30.3 Å². The number of ether oxygens (including phenoxy) is 1. The monoisotopic (exact) mass is 473 g/mol. The normalized spacial score (nSPS) is 11.3. The second-order valence-corrected chi connectivity index (χ2v) is 8.13. The SMILES string of the molecule is COc1ccccc1NC(=S)NC(=NCCc1c[nH]c2ccccc12)Nc1nc(C)cc(C)n1. The molecule has 2 aromatic heterocycles. The van der Waals surface area contributed by atoms with E-state index in [9.17, 15) is 0 Å². The van der Waals surface area contributed by atoms with Crippen LogP contribution in [0.15, 0.2) is 65.8 Å². The van der Waals surface area contributed by atoms with Crippen LogP contribution in [0.3, 0.4) is 0 Å². The van der Waals surface area contributed by atoms with Gasteiger partial charge in [0.05, 0.1) is 12.8 Å². The lowest BCUT2D eigenvalue weighted by Gasteiger charge is -2.15. The maximum atomic E-state index is 5.54. The highest BCUT2D eigenvalue weighted by molar-refractivity contribution is 7.80. The van der Waals surface area contributed by atoms with Crippen LogP contribution in [0, 0.1) is 13.8 Å². The number of guanidine groups is 1. The molecule has 0 fully saturated rings. The van der Waals surface area contributed by atoms with Gasteiger partial charge in [-0.15, -0.1) is 0 Å². The van der Waals surface area contributed by atoms with Crippen molar-refractivity contribution in [2.24, 2.45) is 4.99 Å². The number of hydrogen-bond acceptors (Lipinski definition) is 5. The van der Waals surface area contributed by atoms with E-state index >= 15 is 0 Å². The average Bonchev–Trinajstić information content (AvgIpc) is 3.22. The summed E-state index contributed by atoms with van der Waals surface area (Å²) in [6.45, 7) is 4.39. The zero-order chi connectivity index (χ0) is 23.9. The number of fused-ring (bicyclic) bond motifs is 1. The Morgan fingerprint density at radius 2 is 1.76 bits per heavy atom. The fraction of sp³-hybridized carbons (Fsp3) is 0.200. The zero-order valence-electron chi connectivity index (χ0n) is 19.3. The maximum absolute atomic E-state index is 5.54. The average molecular weight is 474 g/mol. The summed E-state index contributed by atoms with van der Waals surface area (Å²) in [5.74, 6) is 1.60. The van der Waals surface area contributed by atoms with E-state index in [1.54, 1.807) is 7.11 Å². The molecule has 174 valence electrons. The van der Waals surface area contributed by atoms with E-state index in [4.69, 9.17) is 21.9 Å². The Labute approximate surface area is 203 Å². The van der Waals surface area contributed by atoms with Crippen molar-refractivity contribution in [1.29, 1.82) is 0 Å². The van der Waals surface area contributed by atoms with Gasteiger partial charge >= 0.3 is 0 Å². The Morgan fingerprint density at radius 1 is 1.03 bits per heavy atom. The fourth-order valence-electron chi connectivity index (χ4n) is 3.63. The topological polar surface area (TPSA) is 99.2 Å². The quantitative estimate of drug-likeness (QED) is 0.185. The first-order chi connectivity index (χ1) is 16.5. The third-order valence-electron chi connectivity index (χ3n) is 5.13. The van der Waals surface area contributed by atoms with E-state index in [0.29, 0.717) is 29.3 Å².